The van der Waals surface area contributed by atoms with Gasteiger partial charge >= 0.3 is 0 Å². The SMILES string of the molecule is Fc1ccc2c(c1)[C@H](F)CO[C@H]2[C@@H]1CCN1. The van der Waals surface area contributed by atoms with Crippen LogP contribution in [0.4, 0.5) is 8.78 Å². The highest BCUT2D eigenvalue weighted by molar-refractivity contribution is 5.34. The number of alkyl halides is 1. The van der Waals surface area contributed by atoms with Crippen molar-refractivity contribution in [1.29, 1.82) is 0 Å². The monoisotopic (exact) mass is 225 g/mol. The molecule has 2 aliphatic rings. The Morgan fingerprint density at radius 2 is 2.12 bits per heavy atom. The van der Waals surface area contributed by atoms with E-state index in [1.807, 2.05) is 0 Å². The fourth-order valence-corrected chi connectivity index (χ4v) is 2.35. The van der Waals surface area contributed by atoms with Gasteiger partial charge in [0.1, 0.15) is 12.0 Å². The minimum Gasteiger partial charge on any atom is -0.368 e. The van der Waals surface area contributed by atoms with Crippen LogP contribution < -0.4 is 5.32 Å². The van der Waals surface area contributed by atoms with Crippen LogP contribution >= 0.6 is 0 Å². The van der Waals surface area contributed by atoms with Gasteiger partial charge in [0, 0.05) is 6.04 Å². The maximum absolute atomic E-state index is 13.6. The van der Waals surface area contributed by atoms with Gasteiger partial charge in [0.05, 0.1) is 12.7 Å². The Hall–Kier alpha value is -1.00. The predicted octanol–water partition coefficient (Wildman–Crippen LogP) is 2.27. The first-order valence-electron chi connectivity index (χ1n) is 5.54. The molecule has 1 N–H and O–H groups in total. The molecule has 1 aromatic carbocycles. The zero-order valence-corrected chi connectivity index (χ0v) is 8.75. The van der Waals surface area contributed by atoms with Crippen molar-refractivity contribution < 1.29 is 13.5 Å². The van der Waals surface area contributed by atoms with E-state index in [4.69, 9.17) is 4.74 Å². The zero-order chi connectivity index (χ0) is 11.1. The molecule has 0 saturated carbocycles. The van der Waals surface area contributed by atoms with E-state index in [1.54, 1.807) is 6.07 Å². The normalized spacial score (nSPS) is 33.0. The molecule has 2 heterocycles. The second-order valence-electron chi connectivity index (χ2n) is 4.34. The Balaban J connectivity index is 1.99. The van der Waals surface area contributed by atoms with E-state index in [0.717, 1.165) is 18.5 Å². The summed E-state index contributed by atoms with van der Waals surface area (Å²) in [6.45, 7) is 0.999. The molecule has 0 unspecified atom stereocenters. The van der Waals surface area contributed by atoms with E-state index in [2.05, 4.69) is 5.32 Å². The predicted molar refractivity (Wildman–Crippen MR) is 55.3 cm³/mol. The van der Waals surface area contributed by atoms with E-state index in [1.165, 1.54) is 12.1 Å². The second kappa shape index (κ2) is 3.79. The van der Waals surface area contributed by atoms with Gasteiger partial charge in [-0.05, 0) is 36.2 Å². The minimum absolute atomic E-state index is 0.0271. The summed E-state index contributed by atoms with van der Waals surface area (Å²) in [7, 11) is 0. The van der Waals surface area contributed by atoms with E-state index < -0.39 is 6.17 Å². The number of benzene rings is 1. The largest absolute Gasteiger partial charge is 0.368 e. The minimum atomic E-state index is -1.21. The molecule has 2 nitrogen and oxygen atoms in total. The molecule has 1 aromatic rings. The number of hydrogen-bond acceptors (Lipinski definition) is 2. The average Bonchev–Trinajstić information content (AvgIpc) is 2.20. The number of rotatable bonds is 1. The van der Waals surface area contributed by atoms with E-state index in [9.17, 15) is 8.78 Å². The lowest BCUT2D eigenvalue weighted by Gasteiger charge is -2.39. The van der Waals surface area contributed by atoms with Gasteiger partial charge in [0.2, 0.25) is 0 Å². The number of ether oxygens (including phenoxy) is 1. The molecular formula is C12H13F2NO. The van der Waals surface area contributed by atoms with Crippen LogP contribution in [0.25, 0.3) is 0 Å². The van der Waals surface area contributed by atoms with Gasteiger partial charge < -0.3 is 10.1 Å². The van der Waals surface area contributed by atoms with Crippen LogP contribution in [0.15, 0.2) is 18.2 Å². The van der Waals surface area contributed by atoms with Crippen molar-refractivity contribution >= 4 is 0 Å². The number of nitrogens with one attached hydrogen (secondary N) is 1. The smallest absolute Gasteiger partial charge is 0.149 e. The molecule has 4 heteroatoms. The third-order valence-electron chi connectivity index (χ3n) is 3.34. The lowest BCUT2D eigenvalue weighted by molar-refractivity contribution is -0.0339. The fraction of sp³-hybridized carbons (Fsp3) is 0.500. The summed E-state index contributed by atoms with van der Waals surface area (Å²) in [5.74, 6) is -0.386. The van der Waals surface area contributed by atoms with Gasteiger partial charge in [-0.2, -0.15) is 0 Å². The van der Waals surface area contributed by atoms with Crippen molar-refractivity contribution in [3.8, 4) is 0 Å². The Bertz CT molecular complexity index is 406. The second-order valence-corrected chi connectivity index (χ2v) is 4.34. The van der Waals surface area contributed by atoms with Crippen LogP contribution in [0.2, 0.25) is 0 Å². The van der Waals surface area contributed by atoms with Gasteiger partial charge in [-0.1, -0.05) is 6.07 Å². The molecule has 1 saturated heterocycles. The summed E-state index contributed by atoms with van der Waals surface area (Å²) in [6, 6.07) is 4.54. The Morgan fingerprint density at radius 1 is 1.31 bits per heavy atom. The summed E-state index contributed by atoms with van der Waals surface area (Å²) in [6.07, 6.45) is -0.309. The number of halogens is 2. The molecule has 1 fully saturated rings. The van der Waals surface area contributed by atoms with E-state index in [-0.39, 0.29) is 24.6 Å². The topological polar surface area (TPSA) is 21.3 Å². The fourth-order valence-electron chi connectivity index (χ4n) is 2.35. The molecule has 3 atom stereocenters. The van der Waals surface area contributed by atoms with Crippen LogP contribution in [0.3, 0.4) is 0 Å². The summed E-state index contributed by atoms with van der Waals surface area (Å²) in [5.41, 5.74) is 1.24. The maximum Gasteiger partial charge on any atom is 0.149 e. The van der Waals surface area contributed by atoms with E-state index >= 15 is 0 Å². The van der Waals surface area contributed by atoms with Crippen molar-refractivity contribution in [3.63, 3.8) is 0 Å². The lowest BCUT2D eigenvalue weighted by Crippen LogP contribution is -2.48. The van der Waals surface area contributed by atoms with Crippen LogP contribution in [0.5, 0.6) is 0 Å². The van der Waals surface area contributed by atoms with Crippen LogP contribution in [0.1, 0.15) is 29.8 Å². The Kier molecular flexibility index (Phi) is 2.41. The van der Waals surface area contributed by atoms with Gasteiger partial charge in [-0.25, -0.2) is 8.78 Å². The molecule has 0 aromatic heterocycles. The summed E-state index contributed by atoms with van der Waals surface area (Å²) in [4.78, 5) is 0. The summed E-state index contributed by atoms with van der Waals surface area (Å²) >= 11 is 0. The quantitative estimate of drug-likeness (QED) is 0.791. The zero-order valence-electron chi connectivity index (χ0n) is 8.75. The molecule has 3 rings (SSSR count). The van der Waals surface area contributed by atoms with Crippen LogP contribution in [0, 0.1) is 5.82 Å². The third kappa shape index (κ3) is 1.53. The summed E-state index contributed by atoms with van der Waals surface area (Å²) in [5, 5.41) is 3.24. The standard InChI is InChI=1S/C12H13F2NO/c13-7-1-2-8-9(5-7)10(14)6-16-12(8)11-3-4-15-11/h1-2,5,10-12,15H,3-4,6H2/t10-,11+,12-/m1/s1. The van der Waals surface area contributed by atoms with Crippen LogP contribution in [-0.4, -0.2) is 19.2 Å². The van der Waals surface area contributed by atoms with Gasteiger partial charge in [0.15, 0.2) is 0 Å². The molecule has 0 amide bonds. The molecule has 2 aliphatic heterocycles. The van der Waals surface area contributed by atoms with Crippen molar-refractivity contribution in [2.45, 2.75) is 24.7 Å². The molecule has 16 heavy (non-hydrogen) atoms. The number of hydrogen-bond donors (Lipinski definition) is 1. The highest BCUT2D eigenvalue weighted by Gasteiger charge is 2.35. The Labute approximate surface area is 92.6 Å². The van der Waals surface area contributed by atoms with Crippen LogP contribution in [-0.2, 0) is 4.74 Å². The molecule has 0 aliphatic carbocycles. The first kappa shape index (κ1) is 10.2. The van der Waals surface area contributed by atoms with Crippen molar-refractivity contribution in [2.75, 3.05) is 13.2 Å². The first-order chi connectivity index (χ1) is 7.75. The van der Waals surface area contributed by atoms with Crippen molar-refractivity contribution in [3.05, 3.63) is 35.1 Å². The summed E-state index contributed by atoms with van der Waals surface area (Å²) < 4.78 is 32.2. The number of fused-ring (bicyclic) bond motifs is 1. The van der Waals surface area contributed by atoms with Gasteiger partial charge in [-0.15, -0.1) is 0 Å². The molecule has 0 bridgehead atoms. The third-order valence-corrected chi connectivity index (χ3v) is 3.34. The molecule has 0 spiro atoms. The molecule has 86 valence electrons. The maximum atomic E-state index is 13.6. The van der Waals surface area contributed by atoms with Gasteiger partial charge in [-0.3, -0.25) is 0 Å². The highest BCUT2D eigenvalue weighted by Crippen LogP contribution is 2.38. The highest BCUT2D eigenvalue weighted by atomic mass is 19.1. The molecular weight excluding hydrogens is 212 g/mol. The van der Waals surface area contributed by atoms with Crippen molar-refractivity contribution in [2.24, 2.45) is 0 Å². The molecule has 0 radical (unpaired) electrons. The lowest BCUT2D eigenvalue weighted by atomic mass is 9.88. The van der Waals surface area contributed by atoms with E-state index in [0.29, 0.717) is 5.56 Å². The van der Waals surface area contributed by atoms with Gasteiger partial charge in [0.25, 0.3) is 0 Å². The van der Waals surface area contributed by atoms with Crippen molar-refractivity contribution in [1.82, 2.24) is 5.32 Å². The average molecular weight is 225 g/mol. The first-order valence-corrected chi connectivity index (χ1v) is 5.54. The Morgan fingerprint density at radius 3 is 2.81 bits per heavy atom.